The fourth-order valence-corrected chi connectivity index (χ4v) is 11.6. The summed E-state index contributed by atoms with van der Waals surface area (Å²) >= 11 is 9.48. The monoisotopic (exact) mass is 966 g/mol. The first kappa shape index (κ1) is 50.7. The van der Waals surface area contributed by atoms with Crippen LogP contribution in [0, 0.1) is 34.9 Å². The summed E-state index contributed by atoms with van der Waals surface area (Å²) in [6, 6.07) is 39.8. The van der Waals surface area contributed by atoms with Crippen LogP contribution in [-0.4, -0.2) is 15.5 Å². The van der Waals surface area contributed by atoms with E-state index in [0.29, 0.717) is 23.2 Å². The first-order valence-electron chi connectivity index (χ1n) is 21.4. The summed E-state index contributed by atoms with van der Waals surface area (Å²) < 4.78 is 79.6. The van der Waals surface area contributed by atoms with Crippen LogP contribution in [0.4, 0.5) is 26.3 Å². The second-order valence-corrected chi connectivity index (χ2v) is 29.6. The zero-order valence-electron chi connectivity index (χ0n) is 36.6. The Morgan fingerprint density at radius 2 is 0.758 bits per heavy atom. The van der Waals surface area contributed by atoms with Crippen LogP contribution in [0.15, 0.2) is 126 Å². The second kappa shape index (κ2) is 24.2. The van der Waals surface area contributed by atoms with Crippen LogP contribution in [-0.2, 0) is 24.9 Å². The summed E-state index contributed by atoms with van der Waals surface area (Å²) in [6.07, 6.45) is 9.97. The highest BCUT2D eigenvalue weighted by molar-refractivity contribution is 9.10. The number of halogens is 8. The average molecular weight is 969 g/mol. The number of aryl methyl sites for hydroxylation is 2. The molecule has 0 amide bonds. The number of unbranched alkanes of at least 4 members (excludes halogenated alkanes) is 4. The lowest BCUT2D eigenvalue weighted by molar-refractivity contribution is 0.445. The highest BCUT2D eigenvalue weighted by atomic mass is 79.9. The fourth-order valence-electron chi connectivity index (χ4n) is 7.16. The van der Waals surface area contributed by atoms with E-state index in [1.165, 1.54) is 77.9 Å². The topological polar surface area (TPSA) is 0 Å². The number of rotatable bonds is 15. The Bertz CT molecular complexity index is 2240. The van der Waals surface area contributed by atoms with E-state index in [4.69, 9.17) is 11.1 Å². The molecule has 0 aliphatic carbocycles. The van der Waals surface area contributed by atoms with Gasteiger partial charge < -0.3 is 0 Å². The normalized spacial score (nSPS) is 11.4. The Morgan fingerprint density at radius 3 is 1.10 bits per heavy atom. The smallest absolute Gasteiger partial charge is 0.194 e. The Kier molecular flexibility index (Phi) is 19.8. The van der Waals surface area contributed by atoms with Crippen molar-refractivity contribution in [1.29, 1.82) is 0 Å². The molecule has 0 nitrogen and oxygen atoms in total. The van der Waals surface area contributed by atoms with Gasteiger partial charge >= 0.3 is 0 Å². The Morgan fingerprint density at radius 1 is 0.435 bits per heavy atom. The van der Waals surface area contributed by atoms with E-state index < -0.39 is 50.4 Å². The summed E-state index contributed by atoms with van der Waals surface area (Å²) in [5.41, 5.74) is 8.64. The SMILES string of the molecule is CCCCCc1ccc(-c2ccc(Br)cc2)cc1.CCCCCc1ccc(-c2ccc([Si](C)(C)Cc3cc(F)c(F)c(F)c3)cc2)cc1.C[Si](C)(Cl)Cc1cc(F)c(F)c(F)c1. The van der Waals surface area contributed by atoms with Crippen LogP contribution in [0.25, 0.3) is 22.3 Å². The van der Waals surface area contributed by atoms with Gasteiger partial charge in [0, 0.05) is 4.47 Å². The van der Waals surface area contributed by atoms with Crippen LogP contribution in [0.5, 0.6) is 0 Å². The molecule has 0 aromatic heterocycles. The lowest BCUT2D eigenvalue weighted by Crippen LogP contribution is -2.44. The first-order chi connectivity index (χ1) is 29.4. The molecule has 0 atom stereocenters. The standard InChI is InChI=1S/C26H29F3Si.C17H19Br.C9H10ClF3Si/c1-4-5-6-7-19-8-10-21(11-9-19)22-12-14-23(15-13-22)30(2,3)18-20-16-24(27)26(29)25(28)17-20;1-2-3-4-5-14-6-8-15(9-7-14)16-10-12-17(18)13-11-16;1-14(2,10)5-6-3-7(11)9(13)8(12)4-6/h8-17H,4-7,18H2,1-3H3;6-13H,2-5H2,1H3;3-4H,5H2,1-2H3. The van der Waals surface area contributed by atoms with E-state index in [1.807, 2.05) is 13.1 Å². The maximum Gasteiger partial charge on any atom is 0.194 e. The minimum Gasteiger partial charge on any atom is -0.204 e. The van der Waals surface area contributed by atoms with Crippen LogP contribution >= 0.6 is 27.0 Å². The molecule has 6 aromatic rings. The molecule has 10 heteroatoms. The van der Waals surface area contributed by atoms with E-state index in [2.05, 4.69) is 140 Å². The Balaban J connectivity index is 0.000000224. The molecular formula is C52H58BrClF6Si2. The highest BCUT2D eigenvalue weighted by Gasteiger charge is 2.25. The van der Waals surface area contributed by atoms with Gasteiger partial charge in [0.15, 0.2) is 42.3 Å². The van der Waals surface area contributed by atoms with E-state index >= 15 is 0 Å². The molecule has 0 spiro atoms. The fraction of sp³-hybridized carbons (Fsp3) is 0.308. The minimum absolute atomic E-state index is 0.410. The number of hydrogen-bond acceptors (Lipinski definition) is 0. The van der Waals surface area contributed by atoms with Gasteiger partial charge in [0.05, 0.1) is 8.07 Å². The third kappa shape index (κ3) is 16.3. The van der Waals surface area contributed by atoms with Crippen molar-refractivity contribution in [2.75, 3.05) is 0 Å². The molecule has 0 fully saturated rings. The molecule has 0 aliphatic rings. The molecular weight excluding hydrogens is 910 g/mol. The molecule has 0 aliphatic heterocycles. The van der Waals surface area contributed by atoms with Gasteiger partial charge in [-0.15, -0.1) is 0 Å². The van der Waals surface area contributed by atoms with E-state index in [9.17, 15) is 26.3 Å². The van der Waals surface area contributed by atoms with Gasteiger partial charge in [-0.1, -0.05) is 172 Å². The second-order valence-electron chi connectivity index (χ2n) is 17.1. The molecule has 62 heavy (non-hydrogen) atoms. The Hall–Kier alpha value is -3.90. The lowest BCUT2D eigenvalue weighted by Gasteiger charge is -2.23. The third-order valence-electron chi connectivity index (χ3n) is 10.6. The van der Waals surface area contributed by atoms with Gasteiger partial charge in [-0.3, -0.25) is 0 Å². The maximum atomic E-state index is 13.6. The lowest BCUT2D eigenvalue weighted by atomic mass is 10.0. The van der Waals surface area contributed by atoms with E-state index in [0.717, 1.165) is 40.7 Å². The van der Waals surface area contributed by atoms with E-state index in [-0.39, 0.29) is 0 Å². The van der Waals surface area contributed by atoms with Crippen molar-refractivity contribution in [3.8, 4) is 22.3 Å². The highest BCUT2D eigenvalue weighted by Crippen LogP contribution is 2.25. The van der Waals surface area contributed by atoms with E-state index in [1.54, 1.807) is 0 Å². The minimum atomic E-state index is -1.99. The van der Waals surface area contributed by atoms with Crippen LogP contribution < -0.4 is 5.19 Å². The quantitative estimate of drug-likeness (QED) is 0.0316. The zero-order chi connectivity index (χ0) is 45.5. The van der Waals surface area contributed by atoms with Gasteiger partial charge in [-0.05, 0) is 119 Å². The molecule has 6 rings (SSSR count). The first-order valence-corrected chi connectivity index (χ1v) is 29.6. The molecule has 6 aromatic carbocycles. The summed E-state index contributed by atoms with van der Waals surface area (Å²) in [5.74, 6) is -7.39. The maximum absolute atomic E-state index is 13.6. The van der Waals surface area contributed by atoms with Gasteiger partial charge in [0.1, 0.15) is 0 Å². The van der Waals surface area contributed by atoms with Crippen molar-refractivity contribution < 1.29 is 26.3 Å². The van der Waals surface area contributed by atoms with Gasteiger partial charge in [-0.25, -0.2) is 26.3 Å². The third-order valence-corrected chi connectivity index (χ3v) is 15.9. The number of benzene rings is 6. The Labute approximate surface area is 380 Å². The van der Waals surface area contributed by atoms with Crippen molar-refractivity contribution in [3.63, 3.8) is 0 Å². The molecule has 330 valence electrons. The van der Waals surface area contributed by atoms with Crippen molar-refractivity contribution in [3.05, 3.63) is 183 Å². The summed E-state index contributed by atoms with van der Waals surface area (Å²) in [5, 5.41) is 1.20. The molecule has 0 bridgehead atoms. The molecule has 0 radical (unpaired) electrons. The van der Waals surface area contributed by atoms with Crippen LogP contribution in [0.1, 0.15) is 74.6 Å². The average Bonchev–Trinajstić information content (AvgIpc) is 3.23. The predicted molar refractivity (Wildman–Crippen MR) is 258 cm³/mol. The van der Waals surface area contributed by atoms with Crippen molar-refractivity contribution in [1.82, 2.24) is 0 Å². The summed E-state index contributed by atoms with van der Waals surface area (Å²) in [7, 11) is -3.94. The van der Waals surface area contributed by atoms with Crippen molar-refractivity contribution in [2.24, 2.45) is 0 Å². The van der Waals surface area contributed by atoms with Gasteiger partial charge in [0.25, 0.3) is 0 Å². The predicted octanol–water partition coefficient (Wildman–Crippen LogP) is 16.7. The molecule has 0 saturated heterocycles. The molecule has 0 N–H and O–H groups in total. The molecule has 0 saturated carbocycles. The molecule has 0 unspecified atom stereocenters. The number of hydrogen-bond donors (Lipinski definition) is 0. The molecule has 0 heterocycles. The van der Waals surface area contributed by atoms with Crippen molar-refractivity contribution in [2.45, 2.75) is 103 Å². The van der Waals surface area contributed by atoms with Crippen LogP contribution in [0.3, 0.4) is 0 Å². The van der Waals surface area contributed by atoms with Gasteiger partial charge in [-0.2, -0.15) is 11.1 Å². The summed E-state index contributed by atoms with van der Waals surface area (Å²) in [6.45, 7) is 12.5. The van der Waals surface area contributed by atoms with Crippen molar-refractivity contribution >= 4 is 47.7 Å². The van der Waals surface area contributed by atoms with Crippen LogP contribution in [0.2, 0.25) is 26.2 Å². The zero-order valence-corrected chi connectivity index (χ0v) is 41.0. The van der Waals surface area contributed by atoms with Gasteiger partial charge in [0.2, 0.25) is 0 Å². The summed E-state index contributed by atoms with van der Waals surface area (Å²) in [4.78, 5) is 0. The largest absolute Gasteiger partial charge is 0.204 e.